The molecule has 1 unspecified atom stereocenters. The van der Waals surface area contributed by atoms with Gasteiger partial charge in [0.1, 0.15) is 0 Å². The van der Waals surface area contributed by atoms with Gasteiger partial charge in [-0.3, -0.25) is 16.0 Å². The van der Waals surface area contributed by atoms with E-state index in [1.165, 1.54) is 11.7 Å². The summed E-state index contributed by atoms with van der Waals surface area (Å²) in [5.41, 5.74) is 4.55. The average molecular weight is 224 g/mol. The topological polar surface area (TPSA) is 81.7 Å². The summed E-state index contributed by atoms with van der Waals surface area (Å²) in [6.45, 7) is 0. The Bertz CT molecular complexity index is 408. The number of aryl methyl sites for hydroxylation is 1. The fraction of sp³-hybridized carbons (Fsp3) is 0.375. The summed E-state index contributed by atoms with van der Waals surface area (Å²) in [5, 5.41) is 4.28. The lowest BCUT2D eigenvalue weighted by Gasteiger charge is -2.10. The molecular weight excluding hydrogens is 212 g/mol. The molecule has 0 spiro atoms. The predicted molar refractivity (Wildman–Crippen MR) is 56.9 cm³/mol. The Kier molecular flexibility index (Phi) is 3.05. The number of hydrogen-bond donors (Lipinski definition) is 2. The zero-order chi connectivity index (χ0) is 10.7. The third kappa shape index (κ3) is 2.38. The van der Waals surface area contributed by atoms with Gasteiger partial charge in [0.15, 0.2) is 0 Å². The zero-order valence-corrected chi connectivity index (χ0v) is 9.11. The Hall–Kier alpha value is -1.31. The Morgan fingerprint density at radius 3 is 3.07 bits per heavy atom. The lowest BCUT2D eigenvalue weighted by molar-refractivity contribution is 0.532. The Morgan fingerprint density at radius 1 is 1.67 bits per heavy atom. The number of nitrogens with two attached hydrogens (primary N) is 1. The van der Waals surface area contributed by atoms with Crippen LogP contribution in [-0.2, 0) is 13.5 Å². The molecule has 2 aromatic heterocycles. The highest BCUT2D eigenvalue weighted by atomic mass is 32.1. The maximum absolute atomic E-state index is 5.47. The fourth-order valence-corrected chi connectivity index (χ4v) is 1.83. The first kappa shape index (κ1) is 10.2. The van der Waals surface area contributed by atoms with Crippen LogP contribution in [0.5, 0.6) is 0 Å². The van der Waals surface area contributed by atoms with E-state index in [1.54, 1.807) is 10.9 Å². The average Bonchev–Trinajstić information content (AvgIpc) is 2.85. The van der Waals surface area contributed by atoms with Crippen molar-refractivity contribution in [3.8, 4) is 0 Å². The van der Waals surface area contributed by atoms with Crippen LogP contribution in [-0.4, -0.2) is 18.5 Å². The van der Waals surface area contributed by atoms with Gasteiger partial charge in [0.25, 0.3) is 0 Å². The van der Waals surface area contributed by atoms with E-state index in [9.17, 15) is 0 Å². The van der Waals surface area contributed by atoms with E-state index < -0.39 is 0 Å². The molecule has 0 saturated heterocycles. The minimum absolute atomic E-state index is 0.0290. The first-order valence-electron chi connectivity index (χ1n) is 4.51. The molecule has 0 saturated carbocycles. The summed E-state index contributed by atoms with van der Waals surface area (Å²) in [6, 6.07) is 1.93. The predicted octanol–water partition coefficient (Wildman–Crippen LogP) is 0.0187. The number of nitrogens with zero attached hydrogens (tertiary/aromatic N) is 4. The van der Waals surface area contributed by atoms with Crippen molar-refractivity contribution in [2.75, 3.05) is 0 Å². The second-order valence-corrected chi connectivity index (χ2v) is 3.79. The molecule has 0 fully saturated rings. The summed E-state index contributed by atoms with van der Waals surface area (Å²) in [7, 11) is 1.89. The van der Waals surface area contributed by atoms with E-state index >= 15 is 0 Å². The molecule has 0 amide bonds. The highest BCUT2D eigenvalue weighted by Crippen LogP contribution is 2.14. The van der Waals surface area contributed by atoms with Crippen LogP contribution in [0.2, 0.25) is 0 Å². The Balaban J connectivity index is 2.09. The molecule has 0 aliphatic rings. The molecule has 0 aliphatic carbocycles. The van der Waals surface area contributed by atoms with E-state index in [-0.39, 0.29) is 6.04 Å². The summed E-state index contributed by atoms with van der Waals surface area (Å²) in [4.78, 5) is 0. The SMILES string of the molecule is Cn1ccc(CC(NN)c2cnsn2)n1. The highest BCUT2D eigenvalue weighted by molar-refractivity contribution is 6.99. The van der Waals surface area contributed by atoms with Crippen LogP contribution in [0.4, 0.5) is 0 Å². The van der Waals surface area contributed by atoms with E-state index in [0.717, 1.165) is 11.4 Å². The first-order valence-corrected chi connectivity index (χ1v) is 5.24. The van der Waals surface area contributed by atoms with Gasteiger partial charge in [-0.15, -0.1) is 0 Å². The van der Waals surface area contributed by atoms with Crippen molar-refractivity contribution in [1.29, 1.82) is 0 Å². The zero-order valence-electron chi connectivity index (χ0n) is 8.29. The molecule has 0 radical (unpaired) electrons. The summed E-state index contributed by atoms with van der Waals surface area (Å²) in [6.07, 6.45) is 4.34. The summed E-state index contributed by atoms with van der Waals surface area (Å²) in [5.74, 6) is 5.47. The molecule has 2 aromatic rings. The molecular formula is C8H12N6S. The molecule has 3 N–H and O–H groups in total. The van der Waals surface area contributed by atoms with Gasteiger partial charge in [-0.25, -0.2) is 0 Å². The van der Waals surface area contributed by atoms with Gasteiger partial charge in [0, 0.05) is 19.7 Å². The quantitative estimate of drug-likeness (QED) is 0.565. The second-order valence-electron chi connectivity index (χ2n) is 3.24. The van der Waals surface area contributed by atoms with Gasteiger partial charge in [-0.05, 0) is 6.07 Å². The lowest BCUT2D eigenvalue weighted by atomic mass is 10.1. The Labute approximate surface area is 91.4 Å². The molecule has 6 nitrogen and oxygen atoms in total. The number of rotatable bonds is 4. The minimum atomic E-state index is -0.0290. The molecule has 0 aliphatic heterocycles. The summed E-state index contributed by atoms with van der Waals surface area (Å²) >= 11 is 1.18. The smallest absolute Gasteiger partial charge is 0.0929 e. The van der Waals surface area contributed by atoms with Crippen molar-refractivity contribution in [3.63, 3.8) is 0 Å². The van der Waals surface area contributed by atoms with E-state index in [4.69, 9.17) is 5.84 Å². The highest BCUT2D eigenvalue weighted by Gasteiger charge is 2.14. The van der Waals surface area contributed by atoms with Gasteiger partial charge in [0.2, 0.25) is 0 Å². The van der Waals surface area contributed by atoms with Crippen molar-refractivity contribution in [2.24, 2.45) is 12.9 Å². The lowest BCUT2D eigenvalue weighted by Crippen LogP contribution is -2.29. The maximum atomic E-state index is 5.47. The van der Waals surface area contributed by atoms with E-state index in [2.05, 4.69) is 19.3 Å². The van der Waals surface area contributed by atoms with Crippen molar-refractivity contribution in [3.05, 3.63) is 29.8 Å². The molecule has 0 bridgehead atoms. The molecule has 0 aromatic carbocycles. The largest absolute Gasteiger partial charge is 0.276 e. The third-order valence-corrected chi connectivity index (χ3v) is 2.61. The number of hydrogen-bond acceptors (Lipinski definition) is 6. The molecule has 1 atom stereocenters. The van der Waals surface area contributed by atoms with Crippen LogP contribution >= 0.6 is 11.7 Å². The molecule has 2 rings (SSSR count). The Morgan fingerprint density at radius 2 is 2.53 bits per heavy atom. The molecule has 7 heteroatoms. The standard InChI is InChI=1S/C8H12N6S/c1-14-3-2-6(12-14)4-7(11-9)8-5-10-15-13-8/h2-3,5,7,11H,4,9H2,1H3. The third-order valence-electron chi connectivity index (χ3n) is 2.12. The fourth-order valence-electron chi connectivity index (χ4n) is 1.36. The van der Waals surface area contributed by atoms with Crippen LogP contribution in [0, 0.1) is 0 Å². The number of hydrazine groups is 1. The van der Waals surface area contributed by atoms with Gasteiger partial charge in [-0.2, -0.15) is 13.8 Å². The van der Waals surface area contributed by atoms with Crippen molar-refractivity contribution in [1.82, 2.24) is 24.0 Å². The second kappa shape index (κ2) is 4.47. The summed E-state index contributed by atoms with van der Waals surface area (Å²) < 4.78 is 9.86. The van der Waals surface area contributed by atoms with Gasteiger partial charge in [-0.1, -0.05) is 0 Å². The van der Waals surface area contributed by atoms with Crippen molar-refractivity contribution in [2.45, 2.75) is 12.5 Å². The monoisotopic (exact) mass is 224 g/mol. The number of nitrogens with one attached hydrogen (secondary N) is 1. The maximum Gasteiger partial charge on any atom is 0.0929 e. The van der Waals surface area contributed by atoms with E-state index in [1.807, 2.05) is 19.3 Å². The van der Waals surface area contributed by atoms with Crippen LogP contribution in [0.15, 0.2) is 18.5 Å². The minimum Gasteiger partial charge on any atom is -0.276 e. The molecule has 15 heavy (non-hydrogen) atoms. The van der Waals surface area contributed by atoms with Crippen LogP contribution in [0.3, 0.4) is 0 Å². The normalized spacial score (nSPS) is 12.9. The van der Waals surface area contributed by atoms with E-state index in [0.29, 0.717) is 6.42 Å². The molecule has 2 heterocycles. The van der Waals surface area contributed by atoms with Crippen LogP contribution in [0.25, 0.3) is 0 Å². The van der Waals surface area contributed by atoms with Crippen LogP contribution in [0.1, 0.15) is 17.4 Å². The van der Waals surface area contributed by atoms with Crippen molar-refractivity contribution >= 4 is 11.7 Å². The van der Waals surface area contributed by atoms with Gasteiger partial charge >= 0.3 is 0 Å². The number of aromatic nitrogens is 4. The first-order chi connectivity index (χ1) is 7.29. The molecule has 80 valence electrons. The van der Waals surface area contributed by atoms with Crippen LogP contribution < -0.4 is 11.3 Å². The van der Waals surface area contributed by atoms with Gasteiger partial charge in [0.05, 0.1) is 35.4 Å². The van der Waals surface area contributed by atoms with Gasteiger partial charge < -0.3 is 0 Å². The van der Waals surface area contributed by atoms with Crippen molar-refractivity contribution < 1.29 is 0 Å².